The molecule has 0 atom stereocenters. The SMILES string of the molecule is COCCOc1ccc(OC(=O)C2CCC(C(=O)Oc3ccc(OCCOCc4ccccc4)cc3)CC2)cc1. The lowest BCUT2D eigenvalue weighted by Crippen LogP contribution is -2.30. The van der Waals surface area contributed by atoms with Gasteiger partial charge in [-0.05, 0) is 79.8 Å². The van der Waals surface area contributed by atoms with Gasteiger partial charge in [-0.1, -0.05) is 30.3 Å². The molecule has 1 fully saturated rings. The Morgan fingerprint density at radius 3 is 1.52 bits per heavy atom. The van der Waals surface area contributed by atoms with E-state index in [1.54, 1.807) is 55.6 Å². The number of benzene rings is 3. The summed E-state index contributed by atoms with van der Waals surface area (Å²) in [6.07, 6.45) is 2.32. The summed E-state index contributed by atoms with van der Waals surface area (Å²) in [5.74, 6) is 1.25. The Labute approximate surface area is 235 Å². The zero-order valence-corrected chi connectivity index (χ0v) is 22.8. The van der Waals surface area contributed by atoms with Crippen LogP contribution >= 0.6 is 0 Å². The number of hydrogen-bond acceptors (Lipinski definition) is 8. The van der Waals surface area contributed by atoms with Crippen molar-refractivity contribution in [2.75, 3.05) is 33.5 Å². The average Bonchev–Trinajstić information content (AvgIpc) is 2.99. The third kappa shape index (κ3) is 9.39. The second-order valence-corrected chi connectivity index (χ2v) is 9.56. The van der Waals surface area contributed by atoms with E-state index in [0.717, 1.165) is 5.56 Å². The molecule has 0 spiro atoms. The van der Waals surface area contributed by atoms with Gasteiger partial charge in [0.2, 0.25) is 0 Å². The van der Waals surface area contributed by atoms with E-state index < -0.39 is 0 Å². The molecule has 40 heavy (non-hydrogen) atoms. The molecule has 1 saturated carbocycles. The minimum Gasteiger partial charge on any atom is -0.491 e. The minimum atomic E-state index is -0.279. The number of esters is 2. The molecule has 1 aliphatic carbocycles. The Bertz CT molecular complexity index is 1170. The first-order valence-electron chi connectivity index (χ1n) is 13.6. The summed E-state index contributed by atoms with van der Waals surface area (Å²) in [6, 6.07) is 23.9. The number of carbonyl (C=O) groups excluding carboxylic acids is 2. The van der Waals surface area contributed by atoms with E-state index in [9.17, 15) is 9.59 Å². The van der Waals surface area contributed by atoms with Gasteiger partial charge in [0.05, 0.1) is 31.7 Å². The van der Waals surface area contributed by atoms with Gasteiger partial charge in [-0.2, -0.15) is 0 Å². The molecule has 0 N–H and O–H groups in total. The predicted molar refractivity (Wildman–Crippen MR) is 149 cm³/mol. The van der Waals surface area contributed by atoms with Gasteiger partial charge in [0, 0.05) is 7.11 Å². The zero-order valence-electron chi connectivity index (χ0n) is 22.8. The number of rotatable bonds is 14. The molecule has 0 heterocycles. The van der Waals surface area contributed by atoms with Crippen LogP contribution in [0.2, 0.25) is 0 Å². The molecule has 8 nitrogen and oxygen atoms in total. The average molecular weight is 549 g/mol. The smallest absolute Gasteiger partial charge is 0.314 e. The molecule has 0 aromatic heterocycles. The van der Waals surface area contributed by atoms with Gasteiger partial charge in [0.15, 0.2) is 0 Å². The van der Waals surface area contributed by atoms with Crippen molar-refractivity contribution in [2.45, 2.75) is 32.3 Å². The third-order valence-electron chi connectivity index (χ3n) is 6.64. The molecular formula is C32H36O8. The molecule has 0 unspecified atom stereocenters. The van der Waals surface area contributed by atoms with Crippen LogP contribution in [0.25, 0.3) is 0 Å². The van der Waals surface area contributed by atoms with E-state index in [2.05, 4.69) is 0 Å². The Hall–Kier alpha value is -3.88. The molecule has 3 aromatic rings. The number of carbonyl (C=O) groups is 2. The molecule has 0 amide bonds. The molecule has 8 heteroatoms. The molecule has 0 radical (unpaired) electrons. The quantitative estimate of drug-likeness (QED) is 0.146. The Balaban J connectivity index is 1.12. The highest BCUT2D eigenvalue weighted by molar-refractivity contribution is 5.77. The van der Waals surface area contributed by atoms with Crippen LogP contribution < -0.4 is 18.9 Å². The summed E-state index contributed by atoms with van der Waals surface area (Å²) in [7, 11) is 1.61. The second-order valence-electron chi connectivity index (χ2n) is 9.56. The summed E-state index contributed by atoms with van der Waals surface area (Å²) in [6.45, 7) is 2.39. The van der Waals surface area contributed by atoms with Crippen LogP contribution in [-0.2, 0) is 25.7 Å². The van der Waals surface area contributed by atoms with Crippen molar-refractivity contribution in [1.82, 2.24) is 0 Å². The van der Waals surface area contributed by atoms with Crippen molar-refractivity contribution >= 4 is 11.9 Å². The number of methoxy groups -OCH3 is 1. The molecule has 0 saturated heterocycles. The normalized spacial score (nSPS) is 16.6. The lowest BCUT2D eigenvalue weighted by molar-refractivity contribution is -0.145. The lowest BCUT2D eigenvalue weighted by Gasteiger charge is -2.25. The highest BCUT2D eigenvalue weighted by Gasteiger charge is 2.32. The molecule has 0 bridgehead atoms. The first kappa shape index (κ1) is 29.1. The summed E-state index contributed by atoms with van der Waals surface area (Å²) in [5.41, 5.74) is 1.12. The van der Waals surface area contributed by atoms with Gasteiger partial charge in [-0.3, -0.25) is 9.59 Å². The van der Waals surface area contributed by atoms with Gasteiger partial charge in [0.25, 0.3) is 0 Å². The van der Waals surface area contributed by atoms with Crippen molar-refractivity contribution < 1.29 is 38.0 Å². The first-order valence-corrected chi connectivity index (χ1v) is 13.6. The fraction of sp³-hybridized carbons (Fsp3) is 0.375. The van der Waals surface area contributed by atoms with E-state index in [0.29, 0.717) is 81.7 Å². The van der Waals surface area contributed by atoms with Crippen LogP contribution in [0.3, 0.4) is 0 Å². The summed E-state index contributed by atoms with van der Waals surface area (Å²) in [5, 5.41) is 0. The van der Waals surface area contributed by atoms with Crippen LogP contribution in [0.1, 0.15) is 31.2 Å². The van der Waals surface area contributed by atoms with E-state index >= 15 is 0 Å². The predicted octanol–water partition coefficient (Wildman–Crippen LogP) is 5.62. The highest BCUT2D eigenvalue weighted by atomic mass is 16.5. The molecule has 0 aliphatic heterocycles. The van der Waals surface area contributed by atoms with Gasteiger partial charge < -0.3 is 28.4 Å². The molecule has 4 rings (SSSR count). The summed E-state index contributed by atoms with van der Waals surface area (Å²) in [4.78, 5) is 25.3. The van der Waals surface area contributed by atoms with Crippen molar-refractivity contribution in [3.63, 3.8) is 0 Å². The van der Waals surface area contributed by atoms with Crippen molar-refractivity contribution in [2.24, 2.45) is 11.8 Å². The maximum Gasteiger partial charge on any atom is 0.314 e. The van der Waals surface area contributed by atoms with E-state index in [-0.39, 0.29) is 23.8 Å². The summed E-state index contributed by atoms with van der Waals surface area (Å²) >= 11 is 0. The monoisotopic (exact) mass is 548 g/mol. The number of ether oxygens (including phenoxy) is 6. The van der Waals surface area contributed by atoms with Crippen molar-refractivity contribution in [3.05, 3.63) is 84.4 Å². The fourth-order valence-electron chi connectivity index (χ4n) is 4.40. The van der Waals surface area contributed by atoms with Crippen molar-refractivity contribution in [3.8, 4) is 23.0 Å². The van der Waals surface area contributed by atoms with Crippen LogP contribution in [0, 0.1) is 11.8 Å². The van der Waals surface area contributed by atoms with Gasteiger partial charge >= 0.3 is 11.9 Å². The van der Waals surface area contributed by atoms with E-state index in [4.69, 9.17) is 28.4 Å². The minimum absolute atomic E-state index is 0.241. The van der Waals surface area contributed by atoms with Crippen LogP contribution in [0.5, 0.6) is 23.0 Å². The molecular weight excluding hydrogens is 512 g/mol. The largest absolute Gasteiger partial charge is 0.491 e. The fourth-order valence-corrected chi connectivity index (χ4v) is 4.40. The standard InChI is InChI=1S/C32H36O8/c1-35-19-21-37-27-11-15-29(16-12-27)39-31(33)25-7-9-26(10-8-25)32(34)40-30-17-13-28(14-18-30)38-22-20-36-23-24-5-3-2-4-6-24/h2-6,11-18,25-26H,7-10,19-23H2,1H3. The zero-order chi connectivity index (χ0) is 28.0. The topological polar surface area (TPSA) is 89.5 Å². The highest BCUT2D eigenvalue weighted by Crippen LogP contribution is 2.32. The lowest BCUT2D eigenvalue weighted by atomic mass is 9.82. The van der Waals surface area contributed by atoms with Crippen LogP contribution in [0.15, 0.2) is 78.9 Å². The maximum atomic E-state index is 12.7. The molecule has 3 aromatic carbocycles. The van der Waals surface area contributed by atoms with Crippen LogP contribution in [0.4, 0.5) is 0 Å². The number of hydrogen-bond donors (Lipinski definition) is 0. The van der Waals surface area contributed by atoms with Crippen LogP contribution in [-0.4, -0.2) is 45.5 Å². The van der Waals surface area contributed by atoms with Gasteiger partial charge in [-0.25, -0.2) is 0 Å². The first-order chi connectivity index (χ1) is 19.6. The van der Waals surface area contributed by atoms with E-state index in [1.807, 2.05) is 30.3 Å². The third-order valence-corrected chi connectivity index (χ3v) is 6.64. The maximum absolute atomic E-state index is 12.7. The van der Waals surface area contributed by atoms with Gasteiger partial charge in [0.1, 0.15) is 36.2 Å². The van der Waals surface area contributed by atoms with Crippen molar-refractivity contribution in [1.29, 1.82) is 0 Å². The Kier molecular flexibility index (Phi) is 11.4. The Morgan fingerprint density at radius 2 is 1.05 bits per heavy atom. The molecule has 212 valence electrons. The van der Waals surface area contributed by atoms with E-state index in [1.165, 1.54) is 0 Å². The summed E-state index contributed by atoms with van der Waals surface area (Å²) < 4.78 is 32.9. The second kappa shape index (κ2) is 15.6. The Morgan fingerprint density at radius 1 is 0.600 bits per heavy atom. The molecule has 1 aliphatic rings. The van der Waals surface area contributed by atoms with Gasteiger partial charge in [-0.15, -0.1) is 0 Å².